The molecule has 0 fully saturated rings. The molecule has 0 spiro atoms. The zero-order chi connectivity index (χ0) is 20.4. The largest absolute Gasteiger partial charge is 0.497 e. The van der Waals surface area contributed by atoms with Gasteiger partial charge >= 0.3 is 0 Å². The second-order valence-electron chi connectivity index (χ2n) is 6.12. The molecule has 150 valence electrons. The minimum Gasteiger partial charge on any atom is -0.497 e. The van der Waals surface area contributed by atoms with Crippen LogP contribution in [0.4, 0.5) is 0 Å². The van der Waals surface area contributed by atoms with Crippen molar-refractivity contribution in [2.75, 3.05) is 27.9 Å². The molecular formula is C21H21N3O4S. The van der Waals surface area contributed by atoms with E-state index in [0.717, 1.165) is 27.5 Å². The summed E-state index contributed by atoms with van der Waals surface area (Å²) in [7, 11) is 4.85. The van der Waals surface area contributed by atoms with E-state index in [1.54, 1.807) is 21.3 Å². The van der Waals surface area contributed by atoms with Crippen LogP contribution in [0.3, 0.4) is 0 Å². The normalized spacial score (nSPS) is 10.9. The molecule has 2 aromatic heterocycles. The van der Waals surface area contributed by atoms with Gasteiger partial charge in [0.1, 0.15) is 5.75 Å². The van der Waals surface area contributed by atoms with Gasteiger partial charge in [-0.15, -0.1) is 16.4 Å². The van der Waals surface area contributed by atoms with Crippen molar-refractivity contribution in [3.05, 3.63) is 41.8 Å². The van der Waals surface area contributed by atoms with Gasteiger partial charge in [0.2, 0.25) is 10.7 Å². The van der Waals surface area contributed by atoms with Gasteiger partial charge in [-0.2, -0.15) is 4.98 Å². The fraction of sp³-hybridized carbons (Fsp3) is 0.238. The van der Waals surface area contributed by atoms with Crippen molar-refractivity contribution < 1.29 is 18.9 Å². The second-order valence-corrected chi connectivity index (χ2v) is 6.96. The minimum absolute atomic E-state index is 0.510. The van der Waals surface area contributed by atoms with E-state index in [9.17, 15) is 0 Å². The third-order valence-corrected chi connectivity index (χ3v) is 5.29. The van der Waals surface area contributed by atoms with Crippen molar-refractivity contribution in [1.29, 1.82) is 0 Å². The smallest absolute Gasteiger partial charge is 0.213 e. The molecule has 0 aliphatic heterocycles. The maximum absolute atomic E-state index is 5.68. The maximum Gasteiger partial charge on any atom is 0.213 e. The first-order chi connectivity index (χ1) is 14.2. The Bertz CT molecular complexity index is 1110. The van der Waals surface area contributed by atoms with Crippen molar-refractivity contribution >= 4 is 16.3 Å². The van der Waals surface area contributed by atoms with Crippen LogP contribution in [0, 0.1) is 0 Å². The summed E-state index contributed by atoms with van der Waals surface area (Å²) >= 11 is 1.54. The van der Waals surface area contributed by atoms with E-state index in [-0.39, 0.29) is 0 Å². The van der Waals surface area contributed by atoms with Crippen LogP contribution in [0.15, 0.2) is 41.8 Å². The number of hydrogen-bond acceptors (Lipinski definition) is 7. The second kappa shape index (κ2) is 8.00. The number of nitrogens with zero attached hydrogens (tertiary/aromatic N) is 3. The highest BCUT2D eigenvalue weighted by Gasteiger charge is 2.18. The Morgan fingerprint density at radius 2 is 1.62 bits per heavy atom. The van der Waals surface area contributed by atoms with Crippen LogP contribution in [0.1, 0.15) is 6.92 Å². The van der Waals surface area contributed by atoms with Gasteiger partial charge in [-0.05, 0) is 43.3 Å². The van der Waals surface area contributed by atoms with Crippen molar-refractivity contribution in [3.8, 4) is 45.6 Å². The van der Waals surface area contributed by atoms with Gasteiger partial charge in [0.05, 0.1) is 33.6 Å². The molecule has 0 radical (unpaired) electrons. The van der Waals surface area contributed by atoms with Crippen LogP contribution in [-0.4, -0.2) is 42.5 Å². The van der Waals surface area contributed by atoms with E-state index in [4.69, 9.17) is 24.0 Å². The molecule has 0 bridgehead atoms. The SMILES string of the molecule is CCOc1c(OC)cc(-c2nc3scc(-c4ccc(OC)cc4)n3n2)cc1OC. The van der Waals surface area contributed by atoms with Gasteiger partial charge in [0, 0.05) is 16.5 Å². The van der Waals surface area contributed by atoms with Crippen LogP contribution >= 0.6 is 11.3 Å². The molecule has 8 heteroatoms. The molecule has 29 heavy (non-hydrogen) atoms. The molecule has 0 saturated carbocycles. The zero-order valence-electron chi connectivity index (χ0n) is 16.6. The zero-order valence-corrected chi connectivity index (χ0v) is 17.4. The van der Waals surface area contributed by atoms with Crippen LogP contribution in [0.2, 0.25) is 0 Å². The average molecular weight is 411 g/mol. The Morgan fingerprint density at radius 1 is 0.931 bits per heavy atom. The highest BCUT2D eigenvalue weighted by Crippen LogP contribution is 2.41. The van der Waals surface area contributed by atoms with E-state index in [2.05, 4.69) is 4.98 Å². The van der Waals surface area contributed by atoms with Gasteiger partial charge in [0.25, 0.3) is 0 Å². The van der Waals surface area contributed by atoms with Crippen molar-refractivity contribution in [3.63, 3.8) is 0 Å². The first-order valence-electron chi connectivity index (χ1n) is 9.06. The first-order valence-corrected chi connectivity index (χ1v) is 9.94. The number of thiazole rings is 1. The Hall–Kier alpha value is -3.26. The number of benzene rings is 2. The van der Waals surface area contributed by atoms with Crippen molar-refractivity contribution in [2.45, 2.75) is 6.92 Å². The molecule has 0 saturated heterocycles. The summed E-state index contributed by atoms with van der Waals surface area (Å²) in [4.78, 5) is 5.49. The fourth-order valence-corrected chi connectivity index (χ4v) is 3.89. The lowest BCUT2D eigenvalue weighted by Gasteiger charge is -2.14. The standard InChI is InChI=1S/C21H21N3O4S/c1-5-28-19-17(26-3)10-14(11-18(19)27-4)20-22-21-24(23-20)16(12-29-21)13-6-8-15(25-2)9-7-13/h6-12H,5H2,1-4H3. The molecule has 2 aromatic carbocycles. The number of ether oxygens (including phenoxy) is 4. The van der Waals surface area contributed by atoms with E-state index in [1.165, 1.54) is 11.3 Å². The first kappa shape index (κ1) is 19.1. The van der Waals surface area contributed by atoms with Crippen LogP contribution in [0.5, 0.6) is 23.0 Å². The summed E-state index contributed by atoms with van der Waals surface area (Å²) in [6, 6.07) is 11.6. The Labute approximate surface area is 172 Å². The van der Waals surface area contributed by atoms with Gasteiger partial charge < -0.3 is 18.9 Å². The lowest BCUT2D eigenvalue weighted by molar-refractivity contribution is 0.288. The van der Waals surface area contributed by atoms with Crippen LogP contribution in [0.25, 0.3) is 27.6 Å². The summed E-state index contributed by atoms with van der Waals surface area (Å²) in [5.41, 5.74) is 2.80. The number of hydrogen-bond donors (Lipinski definition) is 0. The predicted octanol–water partition coefficient (Wildman–Crippen LogP) is 4.55. The molecule has 0 atom stereocenters. The minimum atomic E-state index is 0.510. The summed E-state index contributed by atoms with van der Waals surface area (Å²) < 4.78 is 23.8. The van der Waals surface area contributed by atoms with E-state index >= 15 is 0 Å². The van der Waals surface area contributed by atoms with E-state index in [1.807, 2.05) is 53.2 Å². The molecule has 4 aromatic rings. The molecule has 0 amide bonds. The highest BCUT2D eigenvalue weighted by atomic mass is 32.1. The summed E-state index contributed by atoms with van der Waals surface area (Å²) in [6.45, 7) is 2.42. The maximum atomic E-state index is 5.68. The number of rotatable bonds is 7. The Kier molecular flexibility index (Phi) is 5.26. The van der Waals surface area contributed by atoms with Gasteiger partial charge in [-0.3, -0.25) is 0 Å². The van der Waals surface area contributed by atoms with Gasteiger partial charge in [0.15, 0.2) is 17.3 Å². The number of aromatic nitrogens is 3. The molecule has 7 nitrogen and oxygen atoms in total. The topological polar surface area (TPSA) is 67.1 Å². The lowest BCUT2D eigenvalue weighted by atomic mass is 10.1. The lowest BCUT2D eigenvalue weighted by Crippen LogP contribution is -1.99. The molecule has 0 aliphatic rings. The predicted molar refractivity (Wildman–Crippen MR) is 113 cm³/mol. The third-order valence-electron chi connectivity index (χ3n) is 4.47. The average Bonchev–Trinajstić information content (AvgIpc) is 3.35. The fourth-order valence-electron chi connectivity index (χ4n) is 3.06. The van der Waals surface area contributed by atoms with E-state index < -0.39 is 0 Å². The van der Waals surface area contributed by atoms with Gasteiger partial charge in [-0.25, -0.2) is 4.52 Å². The van der Waals surface area contributed by atoms with Crippen LogP contribution in [-0.2, 0) is 0 Å². The summed E-state index contributed by atoms with van der Waals surface area (Å²) in [5, 5.41) is 6.76. The van der Waals surface area contributed by atoms with Crippen molar-refractivity contribution in [2.24, 2.45) is 0 Å². The molecular weight excluding hydrogens is 390 g/mol. The van der Waals surface area contributed by atoms with Crippen molar-refractivity contribution in [1.82, 2.24) is 14.6 Å². The molecule has 0 unspecified atom stereocenters. The van der Waals surface area contributed by atoms with Gasteiger partial charge in [-0.1, -0.05) is 0 Å². The quantitative estimate of drug-likeness (QED) is 0.444. The number of methoxy groups -OCH3 is 3. The molecule has 0 aliphatic carbocycles. The molecule has 0 N–H and O–H groups in total. The monoisotopic (exact) mass is 411 g/mol. The van der Waals surface area contributed by atoms with Crippen LogP contribution < -0.4 is 18.9 Å². The Morgan fingerprint density at radius 3 is 2.21 bits per heavy atom. The Balaban J connectivity index is 1.78. The van der Waals surface area contributed by atoms with E-state index in [0.29, 0.717) is 29.7 Å². The number of fused-ring (bicyclic) bond motifs is 1. The molecule has 2 heterocycles. The molecule has 4 rings (SSSR count). The summed E-state index contributed by atoms with van der Waals surface area (Å²) in [6.07, 6.45) is 0. The summed E-state index contributed by atoms with van der Waals surface area (Å²) in [5.74, 6) is 3.13. The third kappa shape index (κ3) is 3.47. The highest BCUT2D eigenvalue weighted by molar-refractivity contribution is 7.15.